The monoisotopic (exact) mass is 399 g/mol. The maximum Gasteiger partial charge on any atom is 0.267 e. The largest absolute Gasteiger partial charge is 0.369 e. The smallest absolute Gasteiger partial charge is 0.267 e. The minimum atomic E-state index is -1.61. The van der Waals surface area contributed by atoms with Crippen molar-refractivity contribution in [2.75, 3.05) is 31.6 Å². The number of carbonyl (C=O) groups is 1. The molecule has 0 unspecified atom stereocenters. The molecule has 2 aromatic heterocycles. The van der Waals surface area contributed by atoms with Crippen LogP contribution in [0.3, 0.4) is 0 Å². The summed E-state index contributed by atoms with van der Waals surface area (Å²) in [6, 6.07) is 9.50. The summed E-state index contributed by atoms with van der Waals surface area (Å²) in [5.41, 5.74) is 0.718. The Balaban J connectivity index is 1.53. The van der Waals surface area contributed by atoms with E-state index in [0.717, 1.165) is 41.8 Å². The first kappa shape index (κ1) is 18.5. The molecular formula is C23H21N5O2. The Labute approximate surface area is 174 Å². The van der Waals surface area contributed by atoms with E-state index >= 15 is 0 Å². The summed E-state index contributed by atoms with van der Waals surface area (Å²) in [6.45, 7) is 2.48. The van der Waals surface area contributed by atoms with Gasteiger partial charge in [0, 0.05) is 55.8 Å². The average Bonchev–Trinajstić information content (AvgIpc) is 2.99. The van der Waals surface area contributed by atoms with E-state index in [4.69, 9.17) is 9.97 Å². The fourth-order valence-corrected chi connectivity index (χ4v) is 3.74. The number of carbonyl (C=O) groups excluding carboxylic acids is 1. The van der Waals surface area contributed by atoms with E-state index in [0.29, 0.717) is 24.4 Å². The standard InChI is InChI=1S/C23H21N5O2/c1-27-13-9-23(30,22(27)29)8-6-16-4-2-5-17(14-16)20-25-19-15-24-10-7-18(19)21(26-20)28-11-3-12-28/h2,4-5,7,10,14-15,30H,3,9,11-13H2,1H3/t23-/m0/s1. The van der Waals surface area contributed by atoms with Gasteiger partial charge in [0.15, 0.2) is 5.82 Å². The number of nitrogens with zero attached hydrogens (tertiary/aromatic N) is 5. The summed E-state index contributed by atoms with van der Waals surface area (Å²) in [4.78, 5) is 29.6. The van der Waals surface area contributed by atoms with Gasteiger partial charge in [0.25, 0.3) is 5.91 Å². The normalized spacial score (nSPS) is 20.8. The number of hydrogen-bond donors (Lipinski definition) is 1. The molecule has 7 heteroatoms. The zero-order valence-corrected chi connectivity index (χ0v) is 16.7. The lowest BCUT2D eigenvalue weighted by Gasteiger charge is -2.33. The SMILES string of the molecule is CN1CC[C@@](O)(C#Cc2cccc(-c3nc(N4CCC4)c4ccncc4n3)c2)C1=O. The second-order valence-corrected chi connectivity index (χ2v) is 7.77. The number of hydrogen-bond acceptors (Lipinski definition) is 6. The number of benzene rings is 1. The van der Waals surface area contributed by atoms with Gasteiger partial charge in [-0.3, -0.25) is 9.78 Å². The number of fused-ring (bicyclic) bond motifs is 1. The predicted molar refractivity (Wildman–Crippen MR) is 114 cm³/mol. The van der Waals surface area contributed by atoms with Crippen LogP contribution in [0.1, 0.15) is 18.4 Å². The van der Waals surface area contributed by atoms with Crippen molar-refractivity contribution in [3.63, 3.8) is 0 Å². The number of rotatable bonds is 2. The fourth-order valence-electron chi connectivity index (χ4n) is 3.74. The van der Waals surface area contributed by atoms with Crippen molar-refractivity contribution in [3.8, 4) is 23.2 Å². The van der Waals surface area contributed by atoms with Crippen LogP contribution in [0.5, 0.6) is 0 Å². The summed E-state index contributed by atoms with van der Waals surface area (Å²) < 4.78 is 0. The minimum Gasteiger partial charge on any atom is -0.369 e. The van der Waals surface area contributed by atoms with Gasteiger partial charge in [-0.05, 0) is 24.6 Å². The summed E-state index contributed by atoms with van der Waals surface area (Å²) in [5.74, 6) is 6.91. The van der Waals surface area contributed by atoms with Crippen LogP contribution >= 0.6 is 0 Å². The third kappa shape index (κ3) is 3.15. The molecule has 2 aliphatic rings. The molecule has 7 nitrogen and oxygen atoms in total. The minimum absolute atomic E-state index is 0.314. The third-order valence-electron chi connectivity index (χ3n) is 5.68. The second-order valence-electron chi connectivity index (χ2n) is 7.77. The zero-order chi connectivity index (χ0) is 20.7. The Morgan fingerprint density at radius 1 is 1.17 bits per heavy atom. The molecule has 0 bridgehead atoms. The van der Waals surface area contributed by atoms with Crippen molar-refractivity contribution in [1.29, 1.82) is 0 Å². The van der Waals surface area contributed by atoms with E-state index in [9.17, 15) is 9.90 Å². The van der Waals surface area contributed by atoms with Gasteiger partial charge in [-0.15, -0.1) is 0 Å². The molecule has 1 N–H and O–H groups in total. The molecule has 2 fully saturated rings. The topological polar surface area (TPSA) is 82.4 Å². The van der Waals surface area contributed by atoms with Crippen LogP contribution in [-0.2, 0) is 4.79 Å². The van der Waals surface area contributed by atoms with Gasteiger partial charge in [0.2, 0.25) is 5.60 Å². The van der Waals surface area contributed by atoms with Crippen LogP contribution in [0.25, 0.3) is 22.3 Å². The number of amides is 1. The average molecular weight is 399 g/mol. The predicted octanol–water partition coefficient (Wildman–Crippen LogP) is 1.85. The molecule has 30 heavy (non-hydrogen) atoms. The van der Waals surface area contributed by atoms with Gasteiger partial charge < -0.3 is 14.9 Å². The molecule has 0 spiro atoms. The summed E-state index contributed by atoms with van der Waals surface area (Å²) >= 11 is 0. The van der Waals surface area contributed by atoms with E-state index in [-0.39, 0.29) is 5.91 Å². The maximum atomic E-state index is 12.1. The maximum absolute atomic E-state index is 12.1. The van der Waals surface area contributed by atoms with Crippen LogP contribution in [0, 0.1) is 11.8 Å². The van der Waals surface area contributed by atoms with Crippen LogP contribution in [0.15, 0.2) is 42.7 Å². The Morgan fingerprint density at radius 2 is 2.03 bits per heavy atom. The van der Waals surface area contributed by atoms with Crippen molar-refractivity contribution in [1.82, 2.24) is 19.9 Å². The molecule has 4 heterocycles. The van der Waals surface area contributed by atoms with Crippen molar-refractivity contribution in [2.45, 2.75) is 18.4 Å². The Bertz CT molecular complexity index is 1210. The lowest BCUT2D eigenvalue weighted by molar-refractivity contribution is -0.137. The number of likely N-dealkylation sites (N-methyl/N-ethyl adjacent to an activating group) is 1. The molecule has 2 saturated heterocycles. The highest BCUT2D eigenvalue weighted by atomic mass is 16.3. The first-order valence-corrected chi connectivity index (χ1v) is 10.0. The van der Waals surface area contributed by atoms with Crippen LogP contribution in [0.4, 0.5) is 5.82 Å². The van der Waals surface area contributed by atoms with E-state index < -0.39 is 5.60 Å². The Hall–Kier alpha value is -3.50. The molecule has 1 amide bonds. The molecule has 0 saturated carbocycles. The van der Waals surface area contributed by atoms with Crippen molar-refractivity contribution >= 4 is 22.6 Å². The lowest BCUT2D eigenvalue weighted by atomic mass is 10.0. The number of aliphatic hydroxyl groups is 1. The quantitative estimate of drug-likeness (QED) is 0.663. The Morgan fingerprint density at radius 3 is 2.77 bits per heavy atom. The molecule has 5 rings (SSSR count). The molecule has 150 valence electrons. The fraction of sp³-hybridized carbons (Fsp3) is 0.304. The van der Waals surface area contributed by atoms with E-state index in [1.165, 1.54) is 4.90 Å². The zero-order valence-electron chi connectivity index (χ0n) is 16.7. The molecule has 2 aliphatic heterocycles. The van der Waals surface area contributed by atoms with Gasteiger partial charge in [0.1, 0.15) is 5.82 Å². The van der Waals surface area contributed by atoms with Crippen LogP contribution < -0.4 is 4.90 Å². The molecular weight excluding hydrogens is 378 g/mol. The molecule has 1 aromatic carbocycles. The van der Waals surface area contributed by atoms with Crippen molar-refractivity contribution in [3.05, 3.63) is 48.3 Å². The van der Waals surface area contributed by atoms with Crippen LogP contribution in [0.2, 0.25) is 0 Å². The van der Waals surface area contributed by atoms with Crippen LogP contribution in [-0.4, -0.2) is 63.1 Å². The highest BCUT2D eigenvalue weighted by Crippen LogP contribution is 2.30. The summed E-state index contributed by atoms with van der Waals surface area (Å²) in [5, 5.41) is 11.5. The highest BCUT2D eigenvalue weighted by molar-refractivity contribution is 5.91. The first-order chi connectivity index (χ1) is 14.5. The number of likely N-dealkylation sites (tertiary alicyclic amines) is 1. The van der Waals surface area contributed by atoms with Gasteiger partial charge >= 0.3 is 0 Å². The molecule has 3 aromatic rings. The summed E-state index contributed by atoms with van der Waals surface area (Å²) in [6.07, 6.45) is 4.99. The van der Waals surface area contributed by atoms with Gasteiger partial charge in [-0.2, -0.15) is 0 Å². The number of pyridine rings is 1. The van der Waals surface area contributed by atoms with E-state index in [2.05, 4.69) is 21.7 Å². The lowest BCUT2D eigenvalue weighted by Crippen LogP contribution is -2.37. The number of aromatic nitrogens is 3. The molecule has 0 aliphatic carbocycles. The van der Waals surface area contributed by atoms with Gasteiger partial charge in [0.05, 0.1) is 11.7 Å². The summed E-state index contributed by atoms with van der Waals surface area (Å²) in [7, 11) is 1.67. The van der Waals surface area contributed by atoms with E-state index in [1.54, 1.807) is 19.4 Å². The van der Waals surface area contributed by atoms with Gasteiger partial charge in [-0.25, -0.2) is 9.97 Å². The van der Waals surface area contributed by atoms with E-state index in [1.807, 2.05) is 30.3 Å². The molecule has 0 radical (unpaired) electrons. The third-order valence-corrected chi connectivity index (χ3v) is 5.68. The molecule has 1 atom stereocenters. The van der Waals surface area contributed by atoms with Crippen molar-refractivity contribution in [2.24, 2.45) is 0 Å². The second kappa shape index (κ2) is 7.08. The first-order valence-electron chi connectivity index (χ1n) is 10.0. The van der Waals surface area contributed by atoms with Crippen molar-refractivity contribution < 1.29 is 9.90 Å². The highest BCUT2D eigenvalue weighted by Gasteiger charge is 2.42. The Kier molecular flexibility index (Phi) is 4.37. The van der Waals surface area contributed by atoms with Gasteiger partial charge in [-0.1, -0.05) is 24.0 Å². The number of anilines is 1.